The molecular weight excluding hydrogens is 250 g/mol. The number of ether oxygens (including phenoxy) is 1. The summed E-state index contributed by atoms with van der Waals surface area (Å²) in [5.41, 5.74) is 6.76. The monoisotopic (exact) mass is 261 g/mol. The quantitative estimate of drug-likeness (QED) is 0.849. The molecule has 1 aromatic carbocycles. The van der Waals surface area contributed by atoms with Crippen LogP contribution < -0.4 is 15.4 Å². The van der Waals surface area contributed by atoms with Crippen molar-refractivity contribution < 1.29 is 9.53 Å². The number of carbonyl (C=O) groups excluding carboxylic acids is 1. The number of amides is 1. The maximum atomic E-state index is 12.3. The lowest BCUT2D eigenvalue weighted by molar-refractivity contribution is 0.0973. The minimum atomic E-state index is -0.140. The molecule has 0 unspecified atom stereocenters. The fourth-order valence-corrected chi connectivity index (χ4v) is 2.41. The normalized spacial score (nSPS) is 13.9. The maximum Gasteiger partial charge on any atom is 0.278 e. The van der Waals surface area contributed by atoms with Crippen LogP contribution in [0.5, 0.6) is 5.75 Å². The lowest BCUT2D eigenvalue weighted by Crippen LogP contribution is -2.38. The molecule has 0 fully saturated rings. The van der Waals surface area contributed by atoms with Crippen molar-refractivity contribution in [3.05, 3.63) is 36.0 Å². The lowest BCUT2D eigenvalue weighted by Gasteiger charge is -2.28. The largest absolute Gasteiger partial charge is 0.490 e. The second-order valence-electron chi connectivity index (χ2n) is 3.89. The van der Waals surface area contributed by atoms with Gasteiger partial charge < -0.3 is 15.4 Å². The van der Waals surface area contributed by atoms with Crippen LogP contribution in [0.4, 0.5) is 10.7 Å². The zero-order valence-electron chi connectivity index (χ0n) is 9.50. The van der Waals surface area contributed by atoms with E-state index < -0.39 is 0 Å². The Bertz CT molecular complexity index is 597. The molecule has 0 atom stereocenters. The van der Waals surface area contributed by atoms with Gasteiger partial charge in [0.05, 0.1) is 12.2 Å². The molecule has 0 saturated carbocycles. The maximum absolute atomic E-state index is 12.3. The van der Waals surface area contributed by atoms with E-state index in [4.69, 9.17) is 10.5 Å². The van der Waals surface area contributed by atoms with Crippen LogP contribution in [0.3, 0.4) is 0 Å². The standard InChI is InChI=1S/C12H11N3O2S/c13-11-7-8(14-18-11)12(16)15-5-6-17-10-4-2-1-3-9(10)15/h1-4,7H,5-6,13H2. The Balaban J connectivity index is 1.96. The zero-order chi connectivity index (χ0) is 12.5. The van der Waals surface area contributed by atoms with Crippen LogP contribution in [0.1, 0.15) is 10.5 Å². The summed E-state index contributed by atoms with van der Waals surface area (Å²) in [7, 11) is 0. The van der Waals surface area contributed by atoms with Gasteiger partial charge in [-0.3, -0.25) is 4.79 Å². The van der Waals surface area contributed by atoms with Crippen LogP contribution in [0.25, 0.3) is 0 Å². The number of nitrogen functional groups attached to an aromatic ring is 1. The Labute approximate surface area is 108 Å². The summed E-state index contributed by atoms with van der Waals surface area (Å²) in [5.74, 6) is 0.582. The molecule has 1 amide bonds. The minimum absolute atomic E-state index is 0.140. The van der Waals surface area contributed by atoms with Gasteiger partial charge in [-0.25, -0.2) is 0 Å². The van der Waals surface area contributed by atoms with E-state index in [0.29, 0.717) is 23.8 Å². The highest BCUT2D eigenvalue weighted by Gasteiger charge is 2.25. The third-order valence-electron chi connectivity index (χ3n) is 2.72. The highest BCUT2D eigenvalue weighted by Crippen LogP contribution is 2.32. The molecule has 0 spiro atoms. The molecule has 0 bridgehead atoms. The van der Waals surface area contributed by atoms with E-state index in [-0.39, 0.29) is 5.91 Å². The summed E-state index contributed by atoms with van der Waals surface area (Å²) in [5, 5.41) is 0.542. The Morgan fingerprint density at radius 1 is 1.44 bits per heavy atom. The first-order chi connectivity index (χ1) is 8.75. The summed E-state index contributed by atoms with van der Waals surface area (Å²) in [6.45, 7) is 1.01. The second-order valence-corrected chi connectivity index (χ2v) is 4.72. The molecule has 18 heavy (non-hydrogen) atoms. The van der Waals surface area contributed by atoms with E-state index in [9.17, 15) is 4.79 Å². The number of nitrogens with two attached hydrogens (primary N) is 1. The van der Waals surface area contributed by atoms with E-state index in [1.807, 2.05) is 24.3 Å². The number of anilines is 2. The number of hydrogen-bond donors (Lipinski definition) is 1. The molecule has 3 rings (SSSR count). The summed E-state index contributed by atoms with van der Waals surface area (Å²) in [6, 6.07) is 9.08. The molecule has 2 aromatic rings. The SMILES string of the molecule is Nc1cc(C(=O)N2CCOc3ccccc32)ns1. The van der Waals surface area contributed by atoms with Crippen molar-refractivity contribution in [2.24, 2.45) is 0 Å². The second kappa shape index (κ2) is 4.30. The number of rotatable bonds is 1. The summed E-state index contributed by atoms with van der Waals surface area (Å²) >= 11 is 1.13. The van der Waals surface area contributed by atoms with Crippen LogP contribution >= 0.6 is 11.5 Å². The van der Waals surface area contributed by atoms with Gasteiger partial charge in [-0.1, -0.05) is 12.1 Å². The number of hydrogen-bond acceptors (Lipinski definition) is 5. The number of fused-ring (bicyclic) bond motifs is 1. The average molecular weight is 261 g/mol. The first-order valence-electron chi connectivity index (χ1n) is 5.51. The average Bonchev–Trinajstić information content (AvgIpc) is 2.84. The van der Waals surface area contributed by atoms with Gasteiger partial charge in [-0.05, 0) is 23.7 Å². The van der Waals surface area contributed by atoms with Crippen LogP contribution in [0, 0.1) is 0 Å². The highest BCUT2D eigenvalue weighted by molar-refractivity contribution is 7.10. The Hall–Kier alpha value is -2.08. The highest BCUT2D eigenvalue weighted by atomic mass is 32.1. The number of benzene rings is 1. The van der Waals surface area contributed by atoms with E-state index in [2.05, 4.69) is 4.37 Å². The third kappa shape index (κ3) is 1.80. The predicted octanol–water partition coefficient (Wildman–Crippen LogP) is 1.76. The van der Waals surface area contributed by atoms with Gasteiger partial charge in [0.2, 0.25) is 0 Å². The van der Waals surface area contributed by atoms with E-state index >= 15 is 0 Å². The van der Waals surface area contributed by atoms with Gasteiger partial charge in [0.1, 0.15) is 23.1 Å². The topological polar surface area (TPSA) is 68.5 Å². The van der Waals surface area contributed by atoms with Gasteiger partial charge in [0, 0.05) is 6.07 Å². The molecule has 92 valence electrons. The van der Waals surface area contributed by atoms with Gasteiger partial charge in [0.15, 0.2) is 0 Å². The Kier molecular flexibility index (Phi) is 2.64. The molecule has 0 saturated heterocycles. The molecule has 0 radical (unpaired) electrons. The van der Waals surface area contributed by atoms with Crippen molar-refractivity contribution in [1.82, 2.24) is 4.37 Å². The molecule has 5 nitrogen and oxygen atoms in total. The lowest BCUT2D eigenvalue weighted by atomic mass is 10.2. The summed E-state index contributed by atoms with van der Waals surface area (Å²) in [6.07, 6.45) is 0. The third-order valence-corrected chi connectivity index (χ3v) is 3.34. The molecule has 1 aliphatic heterocycles. The first-order valence-corrected chi connectivity index (χ1v) is 6.29. The summed E-state index contributed by atoms with van der Waals surface area (Å²) in [4.78, 5) is 14.0. The zero-order valence-corrected chi connectivity index (χ0v) is 10.3. The summed E-state index contributed by atoms with van der Waals surface area (Å²) < 4.78 is 9.56. The molecule has 0 aliphatic carbocycles. The minimum Gasteiger partial charge on any atom is -0.490 e. The van der Waals surface area contributed by atoms with Gasteiger partial charge >= 0.3 is 0 Å². The molecule has 1 aromatic heterocycles. The van der Waals surface area contributed by atoms with Crippen molar-refractivity contribution >= 4 is 28.1 Å². The van der Waals surface area contributed by atoms with Gasteiger partial charge in [-0.15, -0.1) is 0 Å². The van der Waals surface area contributed by atoms with Crippen LogP contribution in [0.2, 0.25) is 0 Å². The Morgan fingerprint density at radius 2 is 2.28 bits per heavy atom. The molecular formula is C12H11N3O2S. The van der Waals surface area contributed by atoms with Crippen LogP contribution in [-0.2, 0) is 0 Å². The van der Waals surface area contributed by atoms with Crippen molar-refractivity contribution in [1.29, 1.82) is 0 Å². The number of carbonyl (C=O) groups is 1. The molecule has 2 heterocycles. The van der Waals surface area contributed by atoms with Crippen molar-refractivity contribution in [2.45, 2.75) is 0 Å². The fraction of sp³-hybridized carbons (Fsp3) is 0.167. The van der Waals surface area contributed by atoms with Crippen LogP contribution in [-0.4, -0.2) is 23.4 Å². The Morgan fingerprint density at radius 3 is 3.06 bits per heavy atom. The van der Waals surface area contributed by atoms with E-state index in [1.54, 1.807) is 11.0 Å². The van der Waals surface area contributed by atoms with Crippen LogP contribution in [0.15, 0.2) is 30.3 Å². The van der Waals surface area contributed by atoms with Crippen molar-refractivity contribution in [3.8, 4) is 5.75 Å². The number of para-hydroxylation sites is 2. The van der Waals surface area contributed by atoms with E-state index in [1.165, 1.54) is 0 Å². The molecule has 1 aliphatic rings. The predicted molar refractivity (Wildman–Crippen MR) is 70.1 cm³/mol. The smallest absolute Gasteiger partial charge is 0.278 e. The van der Waals surface area contributed by atoms with Crippen molar-refractivity contribution in [3.63, 3.8) is 0 Å². The molecule has 6 heteroatoms. The molecule has 2 N–H and O–H groups in total. The van der Waals surface area contributed by atoms with Gasteiger partial charge in [0.25, 0.3) is 5.91 Å². The number of aromatic nitrogens is 1. The first kappa shape index (κ1) is 11.0. The van der Waals surface area contributed by atoms with E-state index in [0.717, 1.165) is 23.0 Å². The fourth-order valence-electron chi connectivity index (χ4n) is 1.91. The van der Waals surface area contributed by atoms with Crippen molar-refractivity contribution in [2.75, 3.05) is 23.8 Å². The number of nitrogens with zero attached hydrogens (tertiary/aromatic N) is 2. The van der Waals surface area contributed by atoms with Gasteiger partial charge in [-0.2, -0.15) is 4.37 Å².